The Balaban J connectivity index is 2.41. The zero-order valence-electron chi connectivity index (χ0n) is 11.7. The van der Waals surface area contributed by atoms with Crippen LogP contribution >= 0.6 is 0 Å². The van der Waals surface area contributed by atoms with E-state index in [-0.39, 0.29) is 19.1 Å². The molecule has 4 nitrogen and oxygen atoms in total. The average molecular weight is 297 g/mol. The van der Waals surface area contributed by atoms with Crippen LogP contribution in [0.4, 0.5) is 13.2 Å². The monoisotopic (exact) mass is 297 g/mol. The van der Waals surface area contributed by atoms with Gasteiger partial charge >= 0.3 is 12.1 Å². The van der Waals surface area contributed by atoms with E-state index >= 15 is 0 Å². The summed E-state index contributed by atoms with van der Waals surface area (Å²) in [6.07, 6.45) is -0.775. The lowest BCUT2D eigenvalue weighted by molar-refractivity contribution is -0.175. The average Bonchev–Trinajstić information content (AvgIpc) is 3.18. The van der Waals surface area contributed by atoms with E-state index in [2.05, 4.69) is 4.74 Å². The molecule has 1 atom stereocenters. The molecule has 0 heterocycles. The molecular weight excluding hydrogens is 275 g/mol. The fraction of sp³-hybridized carbons (Fsp3) is 0.923. The molecule has 118 valence electrons. The van der Waals surface area contributed by atoms with Gasteiger partial charge in [0.15, 0.2) is 0 Å². The molecule has 2 N–H and O–H groups in total. The number of ether oxygens (including phenoxy) is 2. The van der Waals surface area contributed by atoms with Gasteiger partial charge in [0, 0.05) is 13.2 Å². The molecule has 20 heavy (non-hydrogen) atoms. The van der Waals surface area contributed by atoms with Gasteiger partial charge in [-0.25, -0.2) is 0 Å². The molecule has 1 aliphatic rings. The van der Waals surface area contributed by atoms with Crippen molar-refractivity contribution in [3.8, 4) is 0 Å². The SMILES string of the molecule is COC(=O)C(CN)(CCCOCC(F)(F)F)CC1CC1. The van der Waals surface area contributed by atoms with E-state index in [0.29, 0.717) is 25.2 Å². The van der Waals surface area contributed by atoms with Crippen molar-refractivity contribution >= 4 is 5.97 Å². The molecule has 0 aromatic carbocycles. The predicted molar refractivity (Wildman–Crippen MR) is 67.0 cm³/mol. The first kappa shape index (κ1) is 17.2. The lowest BCUT2D eigenvalue weighted by Gasteiger charge is -2.29. The number of alkyl halides is 3. The Kier molecular flexibility index (Phi) is 6.26. The molecule has 0 saturated heterocycles. The van der Waals surface area contributed by atoms with Gasteiger partial charge in [-0.1, -0.05) is 12.8 Å². The number of carbonyl (C=O) groups excluding carboxylic acids is 1. The van der Waals surface area contributed by atoms with Crippen LogP contribution in [0.3, 0.4) is 0 Å². The topological polar surface area (TPSA) is 61.5 Å². The highest BCUT2D eigenvalue weighted by Gasteiger charge is 2.42. The van der Waals surface area contributed by atoms with Gasteiger partial charge in [-0.15, -0.1) is 0 Å². The Morgan fingerprint density at radius 2 is 2.00 bits per heavy atom. The van der Waals surface area contributed by atoms with Gasteiger partial charge in [-0.05, 0) is 25.2 Å². The second kappa shape index (κ2) is 7.26. The number of rotatable bonds is 9. The molecule has 0 aromatic heterocycles. The number of carbonyl (C=O) groups is 1. The van der Waals surface area contributed by atoms with Crippen molar-refractivity contribution in [1.29, 1.82) is 0 Å². The van der Waals surface area contributed by atoms with E-state index in [0.717, 1.165) is 12.8 Å². The maximum atomic E-state index is 11.9. The van der Waals surface area contributed by atoms with Crippen LogP contribution < -0.4 is 5.73 Å². The fourth-order valence-electron chi connectivity index (χ4n) is 2.35. The van der Waals surface area contributed by atoms with Crippen LogP contribution in [0.15, 0.2) is 0 Å². The molecule has 7 heteroatoms. The molecule has 1 saturated carbocycles. The lowest BCUT2D eigenvalue weighted by Crippen LogP contribution is -2.40. The third kappa shape index (κ3) is 5.66. The van der Waals surface area contributed by atoms with Crippen LogP contribution in [0.25, 0.3) is 0 Å². The van der Waals surface area contributed by atoms with Gasteiger partial charge in [0.1, 0.15) is 6.61 Å². The maximum Gasteiger partial charge on any atom is 0.411 e. The van der Waals surface area contributed by atoms with Crippen molar-refractivity contribution in [1.82, 2.24) is 0 Å². The van der Waals surface area contributed by atoms with Crippen molar-refractivity contribution in [3.63, 3.8) is 0 Å². The Hall–Kier alpha value is -0.820. The van der Waals surface area contributed by atoms with E-state index in [1.807, 2.05) is 0 Å². The number of methoxy groups -OCH3 is 1. The third-order valence-electron chi connectivity index (χ3n) is 3.60. The molecule has 0 spiro atoms. The van der Waals surface area contributed by atoms with Gasteiger partial charge in [0.05, 0.1) is 12.5 Å². The summed E-state index contributed by atoms with van der Waals surface area (Å²) in [6.45, 7) is -1.15. The second-order valence-electron chi connectivity index (χ2n) is 5.39. The normalized spacial score (nSPS) is 18.6. The zero-order valence-corrected chi connectivity index (χ0v) is 11.7. The van der Waals surface area contributed by atoms with Crippen LogP contribution in [0.1, 0.15) is 32.1 Å². The number of nitrogens with two attached hydrogens (primary N) is 1. The number of esters is 1. The highest BCUT2D eigenvalue weighted by molar-refractivity contribution is 5.77. The summed E-state index contributed by atoms with van der Waals surface area (Å²) < 4.78 is 45.1. The number of hydrogen-bond donors (Lipinski definition) is 1. The Labute approximate surface area is 116 Å². The smallest absolute Gasteiger partial charge is 0.411 e. The Morgan fingerprint density at radius 3 is 2.45 bits per heavy atom. The van der Waals surface area contributed by atoms with Crippen molar-refractivity contribution in [2.75, 3.05) is 26.9 Å². The van der Waals surface area contributed by atoms with Gasteiger partial charge in [0.25, 0.3) is 0 Å². The number of hydrogen-bond acceptors (Lipinski definition) is 4. The van der Waals surface area contributed by atoms with E-state index < -0.39 is 18.2 Å². The summed E-state index contributed by atoms with van der Waals surface area (Å²) in [5.74, 6) is 0.108. The molecule has 0 amide bonds. The maximum absolute atomic E-state index is 11.9. The standard InChI is InChI=1S/C13H22F3NO3/c1-19-11(18)12(8-17,7-10-3-4-10)5-2-6-20-9-13(14,15)16/h10H,2-9,17H2,1H3. The van der Waals surface area contributed by atoms with E-state index in [1.165, 1.54) is 7.11 Å². The fourth-order valence-corrected chi connectivity index (χ4v) is 2.35. The van der Waals surface area contributed by atoms with E-state index in [1.54, 1.807) is 0 Å². The second-order valence-corrected chi connectivity index (χ2v) is 5.39. The molecule has 0 bridgehead atoms. The minimum absolute atomic E-state index is 0.0388. The Bertz CT molecular complexity index is 318. The van der Waals surface area contributed by atoms with Crippen molar-refractivity contribution < 1.29 is 27.4 Å². The van der Waals surface area contributed by atoms with Gasteiger partial charge in [0.2, 0.25) is 0 Å². The number of halogens is 3. The van der Waals surface area contributed by atoms with Crippen LogP contribution in [-0.2, 0) is 14.3 Å². The zero-order chi connectivity index (χ0) is 15.2. The highest BCUT2D eigenvalue weighted by Crippen LogP contribution is 2.43. The summed E-state index contributed by atoms with van der Waals surface area (Å²) in [5.41, 5.74) is 4.94. The minimum atomic E-state index is -4.32. The first-order valence-electron chi connectivity index (χ1n) is 6.76. The molecule has 1 unspecified atom stereocenters. The third-order valence-corrected chi connectivity index (χ3v) is 3.60. The Morgan fingerprint density at radius 1 is 1.35 bits per heavy atom. The van der Waals surface area contributed by atoms with E-state index in [9.17, 15) is 18.0 Å². The quantitative estimate of drug-likeness (QED) is 0.524. The van der Waals surface area contributed by atoms with Crippen molar-refractivity contribution in [3.05, 3.63) is 0 Å². The highest BCUT2D eigenvalue weighted by atomic mass is 19.4. The summed E-state index contributed by atoms with van der Waals surface area (Å²) >= 11 is 0. The summed E-state index contributed by atoms with van der Waals surface area (Å²) in [4.78, 5) is 11.9. The van der Waals surface area contributed by atoms with Crippen LogP contribution in [0, 0.1) is 11.3 Å². The van der Waals surface area contributed by atoms with Crippen molar-refractivity contribution in [2.45, 2.75) is 38.3 Å². The summed E-state index contributed by atoms with van der Waals surface area (Å²) in [6, 6.07) is 0. The lowest BCUT2D eigenvalue weighted by atomic mass is 9.78. The molecule has 0 radical (unpaired) electrons. The summed E-state index contributed by atoms with van der Waals surface area (Å²) in [7, 11) is 1.31. The molecule has 0 aliphatic heterocycles. The summed E-state index contributed by atoms with van der Waals surface area (Å²) in [5, 5.41) is 0. The van der Waals surface area contributed by atoms with Gasteiger partial charge in [-0.3, -0.25) is 4.79 Å². The van der Waals surface area contributed by atoms with Gasteiger partial charge < -0.3 is 15.2 Å². The van der Waals surface area contributed by atoms with E-state index in [4.69, 9.17) is 10.5 Å². The molecule has 1 rings (SSSR count). The first-order chi connectivity index (χ1) is 9.33. The predicted octanol–water partition coefficient (Wildman–Crippen LogP) is 2.26. The molecule has 1 aliphatic carbocycles. The first-order valence-corrected chi connectivity index (χ1v) is 6.76. The van der Waals surface area contributed by atoms with Crippen LogP contribution in [-0.4, -0.2) is 39.0 Å². The van der Waals surface area contributed by atoms with Gasteiger partial charge in [-0.2, -0.15) is 13.2 Å². The van der Waals surface area contributed by atoms with Crippen LogP contribution in [0.5, 0.6) is 0 Å². The molecule has 0 aromatic rings. The largest absolute Gasteiger partial charge is 0.469 e. The molecule has 1 fully saturated rings. The van der Waals surface area contributed by atoms with Crippen LogP contribution in [0.2, 0.25) is 0 Å². The minimum Gasteiger partial charge on any atom is -0.469 e. The van der Waals surface area contributed by atoms with Crippen molar-refractivity contribution in [2.24, 2.45) is 17.1 Å². The molecular formula is C13H22F3NO3.